The first-order valence-electron chi connectivity index (χ1n) is 8.73. The van der Waals surface area contributed by atoms with Crippen molar-refractivity contribution in [1.82, 2.24) is 15.6 Å². The van der Waals surface area contributed by atoms with Crippen molar-refractivity contribution in [2.45, 2.75) is 20.0 Å². The topological polar surface area (TPSA) is 71.1 Å². The summed E-state index contributed by atoms with van der Waals surface area (Å²) in [6.45, 7) is 2.85. The second-order valence-corrected chi connectivity index (χ2v) is 6.29. The van der Waals surface area contributed by atoms with E-state index in [0.717, 1.165) is 11.1 Å². The number of aryl methyl sites for hydroxylation is 1. The van der Waals surface area contributed by atoms with Crippen molar-refractivity contribution >= 4 is 11.8 Å². The number of nitrogens with zero attached hydrogens (tertiary/aromatic N) is 1. The van der Waals surface area contributed by atoms with Gasteiger partial charge in [-0.25, -0.2) is 0 Å². The fourth-order valence-corrected chi connectivity index (χ4v) is 2.58. The third-order valence-electron chi connectivity index (χ3n) is 4.14. The zero-order valence-electron chi connectivity index (χ0n) is 15.1. The molecule has 0 aliphatic rings. The molecule has 0 fully saturated rings. The molecule has 5 heteroatoms. The van der Waals surface area contributed by atoms with E-state index in [-0.39, 0.29) is 11.8 Å². The lowest BCUT2D eigenvalue weighted by atomic mass is 10.1. The largest absolute Gasteiger partial charge is 0.348 e. The van der Waals surface area contributed by atoms with E-state index in [9.17, 15) is 9.59 Å². The van der Waals surface area contributed by atoms with Crippen LogP contribution < -0.4 is 10.6 Å². The van der Waals surface area contributed by atoms with Crippen LogP contribution in [0.5, 0.6) is 0 Å². The van der Waals surface area contributed by atoms with Gasteiger partial charge in [0.15, 0.2) is 0 Å². The van der Waals surface area contributed by atoms with E-state index in [1.807, 2.05) is 43.3 Å². The number of amides is 2. The van der Waals surface area contributed by atoms with Gasteiger partial charge >= 0.3 is 0 Å². The molecule has 3 rings (SSSR count). The number of aromatic nitrogens is 1. The number of carbonyl (C=O) groups excluding carboxylic acids is 2. The molecule has 136 valence electrons. The summed E-state index contributed by atoms with van der Waals surface area (Å²) >= 11 is 0. The van der Waals surface area contributed by atoms with Crippen molar-refractivity contribution in [3.8, 4) is 0 Å². The number of hydrogen-bond donors (Lipinski definition) is 2. The Balaban J connectivity index is 1.59. The van der Waals surface area contributed by atoms with E-state index in [1.165, 1.54) is 5.56 Å². The summed E-state index contributed by atoms with van der Waals surface area (Å²) in [6, 6.07) is 18.4. The maximum absolute atomic E-state index is 12.4. The standard InChI is InChI=1S/C22H21N3O2/c1-16-7-9-17(10-8-16)14-24-21(26)19-5-2-6-20(12-19)22(27)25-15-18-4-3-11-23-13-18/h2-13H,14-15H2,1H3,(H,24,26)(H,25,27). The van der Waals surface area contributed by atoms with Crippen molar-refractivity contribution in [3.05, 3.63) is 101 Å². The summed E-state index contributed by atoms with van der Waals surface area (Å²) < 4.78 is 0. The van der Waals surface area contributed by atoms with Crippen molar-refractivity contribution in [3.63, 3.8) is 0 Å². The lowest BCUT2D eigenvalue weighted by Crippen LogP contribution is -2.25. The maximum Gasteiger partial charge on any atom is 0.251 e. The summed E-state index contributed by atoms with van der Waals surface area (Å²) in [4.78, 5) is 28.7. The molecule has 0 unspecified atom stereocenters. The van der Waals surface area contributed by atoms with Gasteiger partial charge in [-0.1, -0.05) is 42.0 Å². The Bertz CT molecular complexity index is 922. The number of pyridine rings is 1. The lowest BCUT2D eigenvalue weighted by Gasteiger charge is -2.08. The Morgan fingerprint density at radius 3 is 2.04 bits per heavy atom. The minimum atomic E-state index is -0.230. The molecule has 2 aromatic carbocycles. The normalized spacial score (nSPS) is 10.3. The van der Waals surface area contributed by atoms with Crippen molar-refractivity contribution < 1.29 is 9.59 Å². The van der Waals surface area contributed by atoms with Crippen LogP contribution in [-0.4, -0.2) is 16.8 Å². The number of benzene rings is 2. The minimum Gasteiger partial charge on any atom is -0.348 e. The average Bonchev–Trinajstić information content (AvgIpc) is 2.72. The molecule has 2 amide bonds. The molecule has 27 heavy (non-hydrogen) atoms. The molecule has 2 N–H and O–H groups in total. The van der Waals surface area contributed by atoms with Gasteiger partial charge in [0.25, 0.3) is 11.8 Å². The van der Waals surface area contributed by atoms with Crippen LogP contribution in [0.25, 0.3) is 0 Å². The molecule has 0 bridgehead atoms. The van der Waals surface area contributed by atoms with Crippen LogP contribution in [0.15, 0.2) is 73.1 Å². The first kappa shape index (κ1) is 18.3. The smallest absolute Gasteiger partial charge is 0.251 e. The Kier molecular flexibility index (Phi) is 5.94. The molecule has 0 aliphatic heterocycles. The van der Waals surface area contributed by atoms with Crippen molar-refractivity contribution in [2.24, 2.45) is 0 Å². The van der Waals surface area contributed by atoms with Crippen LogP contribution in [0.3, 0.4) is 0 Å². The Labute approximate surface area is 158 Å². The molecule has 0 atom stereocenters. The fraction of sp³-hybridized carbons (Fsp3) is 0.136. The highest BCUT2D eigenvalue weighted by Gasteiger charge is 2.10. The van der Waals surface area contributed by atoms with Gasteiger partial charge in [-0.2, -0.15) is 0 Å². The summed E-state index contributed by atoms with van der Waals surface area (Å²) in [5, 5.41) is 5.71. The number of rotatable bonds is 6. The van der Waals surface area contributed by atoms with Gasteiger partial charge in [-0.05, 0) is 42.3 Å². The van der Waals surface area contributed by atoms with Gasteiger partial charge in [-0.3, -0.25) is 14.6 Å². The van der Waals surface area contributed by atoms with E-state index >= 15 is 0 Å². The molecule has 5 nitrogen and oxygen atoms in total. The lowest BCUT2D eigenvalue weighted by molar-refractivity contribution is 0.0950. The second kappa shape index (κ2) is 8.76. The highest BCUT2D eigenvalue weighted by molar-refractivity contribution is 5.99. The van der Waals surface area contributed by atoms with Crippen LogP contribution in [-0.2, 0) is 13.1 Å². The zero-order valence-corrected chi connectivity index (χ0v) is 15.1. The molecule has 0 saturated heterocycles. The Morgan fingerprint density at radius 2 is 1.44 bits per heavy atom. The molecule has 3 aromatic rings. The third kappa shape index (κ3) is 5.25. The summed E-state index contributed by atoms with van der Waals surface area (Å²) in [5.41, 5.74) is 4.02. The molecule has 0 saturated carbocycles. The van der Waals surface area contributed by atoms with Gasteiger partial charge in [0.2, 0.25) is 0 Å². The molecule has 1 aromatic heterocycles. The molecule has 0 spiro atoms. The van der Waals surface area contributed by atoms with Crippen LogP contribution in [0.2, 0.25) is 0 Å². The SMILES string of the molecule is Cc1ccc(CNC(=O)c2cccc(C(=O)NCc3cccnc3)c2)cc1. The third-order valence-corrected chi connectivity index (χ3v) is 4.14. The quantitative estimate of drug-likeness (QED) is 0.710. The predicted molar refractivity (Wildman–Crippen MR) is 104 cm³/mol. The fourth-order valence-electron chi connectivity index (χ4n) is 2.58. The van der Waals surface area contributed by atoms with E-state index < -0.39 is 0 Å². The highest BCUT2D eigenvalue weighted by Crippen LogP contribution is 2.08. The van der Waals surface area contributed by atoms with Gasteiger partial charge in [0, 0.05) is 36.6 Å². The number of carbonyl (C=O) groups is 2. The number of hydrogen-bond acceptors (Lipinski definition) is 3. The van der Waals surface area contributed by atoms with Crippen molar-refractivity contribution in [2.75, 3.05) is 0 Å². The minimum absolute atomic E-state index is 0.211. The predicted octanol–water partition coefficient (Wildman–Crippen LogP) is 3.25. The van der Waals surface area contributed by atoms with Crippen LogP contribution in [0.1, 0.15) is 37.4 Å². The van der Waals surface area contributed by atoms with Crippen LogP contribution in [0, 0.1) is 6.92 Å². The monoisotopic (exact) mass is 359 g/mol. The van der Waals surface area contributed by atoms with E-state index in [1.54, 1.807) is 36.7 Å². The zero-order chi connectivity index (χ0) is 19.1. The van der Waals surface area contributed by atoms with E-state index in [0.29, 0.717) is 24.2 Å². The average molecular weight is 359 g/mol. The molecular formula is C22H21N3O2. The van der Waals surface area contributed by atoms with Gasteiger partial charge < -0.3 is 10.6 Å². The molecule has 0 radical (unpaired) electrons. The highest BCUT2D eigenvalue weighted by atomic mass is 16.2. The van der Waals surface area contributed by atoms with E-state index in [2.05, 4.69) is 15.6 Å². The number of nitrogens with one attached hydrogen (secondary N) is 2. The van der Waals surface area contributed by atoms with Crippen LogP contribution >= 0.6 is 0 Å². The Morgan fingerprint density at radius 1 is 0.815 bits per heavy atom. The van der Waals surface area contributed by atoms with Crippen molar-refractivity contribution in [1.29, 1.82) is 0 Å². The molecule has 0 aliphatic carbocycles. The first-order chi connectivity index (χ1) is 13.1. The summed E-state index contributed by atoms with van der Waals surface area (Å²) in [5.74, 6) is -0.440. The first-order valence-corrected chi connectivity index (χ1v) is 8.73. The molecule has 1 heterocycles. The van der Waals surface area contributed by atoms with Gasteiger partial charge in [0.05, 0.1) is 0 Å². The van der Waals surface area contributed by atoms with Gasteiger partial charge in [-0.15, -0.1) is 0 Å². The molecular weight excluding hydrogens is 338 g/mol. The van der Waals surface area contributed by atoms with Crippen LogP contribution in [0.4, 0.5) is 0 Å². The summed E-state index contributed by atoms with van der Waals surface area (Å²) in [6.07, 6.45) is 3.39. The maximum atomic E-state index is 12.4. The second-order valence-electron chi connectivity index (χ2n) is 6.29. The van der Waals surface area contributed by atoms with E-state index in [4.69, 9.17) is 0 Å². The summed E-state index contributed by atoms with van der Waals surface area (Å²) in [7, 11) is 0. The Hall–Kier alpha value is -3.47. The van der Waals surface area contributed by atoms with Gasteiger partial charge in [0.1, 0.15) is 0 Å².